The van der Waals surface area contributed by atoms with Crippen molar-refractivity contribution < 1.29 is 18.4 Å². The number of hydrogen-bond donors (Lipinski definition) is 0. The summed E-state index contributed by atoms with van der Waals surface area (Å²) in [7, 11) is 0. The fourth-order valence-corrected chi connectivity index (χ4v) is 1.74. The predicted octanol–water partition coefficient (Wildman–Crippen LogP) is 4.43. The Morgan fingerprint density at radius 1 is 1.11 bits per heavy atom. The molecule has 0 spiro atoms. The van der Waals surface area contributed by atoms with Crippen LogP contribution >= 0.6 is 15.9 Å². The van der Waals surface area contributed by atoms with Gasteiger partial charge in [0.15, 0.2) is 11.6 Å². The van der Waals surface area contributed by atoms with Crippen molar-refractivity contribution in [1.82, 2.24) is 0 Å². The largest absolute Gasteiger partial charge is 0.447 e. The Morgan fingerprint density at radius 3 is 2.42 bits per heavy atom. The first kappa shape index (κ1) is 13.4. The second kappa shape index (κ2) is 5.31. The summed E-state index contributed by atoms with van der Waals surface area (Å²) >= 11 is 3.09. The summed E-state index contributed by atoms with van der Waals surface area (Å²) in [5.74, 6) is -2.10. The molecule has 0 aliphatic heterocycles. The lowest BCUT2D eigenvalue weighted by Gasteiger charge is -2.07. The molecule has 0 unspecified atom stereocenters. The Labute approximate surface area is 114 Å². The molecule has 0 saturated carbocycles. The van der Waals surface area contributed by atoms with E-state index in [-0.39, 0.29) is 17.2 Å². The number of halogens is 3. The highest BCUT2D eigenvalue weighted by atomic mass is 79.9. The molecule has 0 atom stereocenters. The SMILES string of the molecule is O=[N+]([O-])c1cc(Br)ccc1Oc1ccc(F)cc1F. The molecular formula is C12H6BrF2NO3. The zero-order valence-electron chi connectivity index (χ0n) is 9.27. The van der Waals surface area contributed by atoms with Crippen molar-refractivity contribution in [1.29, 1.82) is 0 Å². The molecule has 2 aromatic carbocycles. The topological polar surface area (TPSA) is 52.4 Å². The molecule has 2 rings (SSSR count). The minimum Gasteiger partial charge on any atom is -0.447 e. The molecule has 0 fully saturated rings. The maximum absolute atomic E-state index is 13.4. The highest BCUT2D eigenvalue weighted by Gasteiger charge is 2.17. The summed E-state index contributed by atoms with van der Waals surface area (Å²) in [5.41, 5.74) is -0.321. The van der Waals surface area contributed by atoms with Crippen LogP contribution in [0.3, 0.4) is 0 Å². The number of hydrogen-bond acceptors (Lipinski definition) is 3. The lowest BCUT2D eigenvalue weighted by molar-refractivity contribution is -0.385. The van der Waals surface area contributed by atoms with Gasteiger partial charge in [0.2, 0.25) is 5.75 Å². The van der Waals surface area contributed by atoms with Gasteiger partial charge in [0.05, 0.1) is 4.92 Å². The molecule has 2 aromatic rings. The Morgan fingerprint density at radius 2 is 1.79 bits per heavy atom. The van der Waals surface area contributed by atoms with E-state index in [0.717, 1.165) is 12.1 Å². The third kappa shape index (κ3) is 3.05. The fourth-order valence-electron chi connectivity index (χ4n) is 1.40. The van der Waals surface area contributed by atoms with E-state index < -0.39 is 16.6 Å². The van der Waals surface area contributed by atoms with Crippen LogP contribution < -0.4 is 4.74 Å². The van der Waals surface area contributed by atoms with Crippen LogP contribution in [0.5, 0.6) is 11.5 Å². The van der Waals surface area contributed by atoms with E-state index in [1.54, 1.807) is 0 Å². The molecule has 19 heavy (non-hydrogen) atoms. The Balaban J connectivity index is 2.40. The molecule has 0 aliphatic rings. The average molecular weight is 330 g/mol. The zero-order chi connectivity index (χ0) is 14.0. The molecule has 7 heteroatoms. The molecule has 0 saturated heterocycles. The fraction of sp³-hybridized carbons (Fsp3) is 0. The second-order valence-corrected chi connectivity index (χ2v) is 4.46. The van der Waals surface area contributed by atoms with E-state index >= 15 is 0 Å². The Kier molecular flexibility index (Phi) is 3.75. The third-order valence-electron chi connectivity index (χ3n) is 2.23. The van der Waals surface area contributed by atoms with Gasteiger partial charge in [-0.05, 0) is 24.3 Å². The van der Waals surface area contributed by atoms with Gasteiger partial charge < -0.3 is 4.74 Å². The summed E-state index contributed by atoms with van der Waals surface area (Å²) in [6.45, 7) is 0. The zero-order valence-corrected chi connectivity index (χ0v) is 10.9. The van der Waals surface area contributed by atoms with Crippen molar-refractivity contribution >= 4 is 21.6 Å². The van der Waals surface area contributed by atoms with E-state index in [1.807, 2.05) is 0 Å². The van der Waals surface area contributed by atoms with Crippen molar-refractivity contribution in [3.05, 3.63) is 62.6 Å². The molecule has 0 heterocycles. The molecule has 0 aromatic heterocycles. The number of nitrogens with zero attached hydrogens (tertiary/aromatic N) is 1. The first-order valence-electron chi connectivity index (χ1n) is 5.04. The van der Waals surface area contributed by atoms with Crippen molar-refractivity contribution in [2.45, 2.75) is 0 Å². The van der Waals surface area contributed by atoms with Gasteiger partial charge in [-0.3, -0.25) is 10.1 Å². The van der Waals surface area contributed by atoms with Gasteiger partial charge in [-0.25, -0.2) is 8.78 Å². The molecule has 0 amide bonds. The lowest BCUT2D eigenvalue weighted by Crippen LogP contribution is -1.95. The summed E-state index contributed by atoms with van der Waals surface area (Å²) in [4.78, 5) is 10.2. The van der Waals surface area contributed by atoms with Crippen LogP contribution in [0, 0.1) is 21.7 Å². The molecule has 0 aliphatic carbocycles. The van der Waals surface area contributed by atoms with Gasteiger partial charge in [-0.1, -0.05) is 15.9 Å². The summed E-state index contributed by atoms with van der Waals surface area (Å²) < 4.78 is 31.7. The summed E-state index contributed by atoms with van der Waals surface area (Å²) in [5, 5.41) is 10.9. The highest BCUT2D eigenvalue weighted by Crippen LogP contribution is 2.34. The van der Waals surface area contributed by atoms with Crippen molar-refractivity contribution in [2.75, 3.05) is 0 Å². The molecular weight excluding hydrogens is 324 g/mol. The van der Waals surface area contributed by atoms with E-state index in [2.05, 4.69) is 15.9 Å². The lowest BCUT2D eigenvalue weighted by atomic mass is 10.3. The Bertz CT molecular complexity index is 649. The van der Waals surface area contributed by atoms with E-state index in [1.165, 1.54) is 18.2 Å². The summed E-state index contributed by atoms with van der Waals surface area (Å²) in [6, 6.07) is 6.78. The molecule has 98 valence electrons. The van der Waals surface area contributed by atoms with Gasteiger partial charge in [0.25, 0.3) is 0 Å². The van der Waals surface area contributed by atoms with E-state index in [4.69, 9.17) is 4.74 Å². The van der Waals surface area contributed by atoms with Crippen LogP contribution in [0.15, 0.2) is 40.9 Å². The van der Waals surface area contributed by atoms with Crippen LogP contribution in [-0.2, 0) is 0 Å². The minimum absolute atomic E-state index is 0.126. The van der Waals surface area contributed by atoms with Gasteiger partial charge >= 0.3 is 5.69 Å². The van der Waals surface area contributed by atoms with Gasteiger partial charge in [0, 0.05) is 16.6 Å². The van der Waals surface area contributed by atoms with Crippen LogP contribution in [0.2, 0.25) is 0 Å². The van der Waals surface area contributed by atoms with Gasteiger partial charge in [-0.2, -0.15) is 0 Å². The number of nitro groups is 1. The van der Waals surface area contributed by atoms with Crippen LogP contribution in [0.1, 0.15) is 0 Å². The normalized spacial score (nSPS) is 10.3. The first-order chi connectivity index (χ1) is 8.97. The monoisotopic (exact) mass is 329 g/mol. The number of rotatable bonds is 3. The number of ether oxygens (including phenoxy) is 1. The molecule has 0 N–H and O–H groups in total. The van der Waals surface area contributed by atoms with Crippen LogP contribution in [-0.4, -0.2) is 4.92 Å². The number of nitro benzene ring substituents is 1. The standard InChI is InChI=1S/C12H6BrF2NO3/c13-7-1-3-12(10(5-7)16(17)18)19-11-4-2-8(14)6-9(11)15/h1-6H. The molecule has 0 bridgehead atoms. The minimum atomic E-state index is -0.933. The molecule has 0 radical (unpaired) electrons. The van der Waals surface area contributed by atoms with Gasteiger partial charge in [0.1, 0.15) is 5.82 Å². The van der Waals surface area contributed by atoms with E-state index in [0.29, 0.717) is 10.5 Å². The maximum Gasteiger partial charge on any atom is 0.312 e. The quantitative estimate of drug-likeness (QED) is 0.618. The highest BCUT2D eigenvalue weighted by molar-refractivity contribution is 9.10. The van der Waals surface area contributed by atoms with Crippen molar-refractivity contribution in [3.8, 4) is 11.5 Å². The number of benzene rings is 2. The maximum atomic E-state index is 13.4. The van der Waals surface area contributed by atoms with Crippen LogP contribution in [0.4, 0.5) is 14.5 Å². The van der Waals surface area contributed by atoms with Crippen molar-refractivity contribution in [2.24, 2.45) is 0 Å². The smallest absolute Gasteiger partial charge is 0.312 e. The Hall–Kier alpha value is -2.02. The second-order valence-electron chi connectivity index (χ2n) is 3.55. The van der Waals surface area contributed by atoms with Crippen LogP contribution in [0.25, 0.3) is 0 Å². The van der Waals surface area contributed by atoms with E-state index in [9.17, 15) is 18.9 Å². The third-order valence-corrected chi connectivity index (χ3v) is 2.72. The first-order valence-corrected chi connectivity index (χ1v) is 5.83. The summed E-state index contributed by atoms with van der Waals surface area (Å²) in [6.07, 6.45) is 0. The predicted molar refractivity (Wildman–Crippen MR) is 67.2 cm³/mol. The van der Waals surface area contributed by atoms with Crippen molar-refractivity contribution in [3.63, 3.8) is 0 Å². The average Bonchev–Trinajstić information content (AvgIpc) is 2.34. The molecule has 4 nitrogen and oxygen atoms in total. The van der Waals surface area contributed by atoms with Gasteiger partial charge in [-0.15, -0.1) is 0 Å².